The van der Waals surface area contributed by atoms with E-state index < -0.39 is 12.1 Å². The number of carbonyl (C=O) groups is 3. The zero-order valence-electron chi connectivity index (χ0n) is 16.3. The molecular formula is C21H22N4O4S. The molecule has 0 aromatic carbocycles. The van der Waals surface area contributed by atoms with Crippen LogP contribution in [0, 0.1) is 5.92 Å². The molecule has 156 valence electrons. The van der Waals surface area contributed by atoms with Crippen LogP contribution in [0.4, 0.5) is 0 Å². The molecule has 2 amide bonds. The Balaban J connectivity index is 1.31. The summed E-state index contributed by atoms with van der Waals surface area (Å²) in [5, 5.41) is 5.28. The molecule has 3 fully saturated rings. The molecule has 0 bridgehead atoms. The number of nitrogens with zero attached hydrogens (tertiary/aromatic N) is 3. The van der Waals surface area contributed by atoms with E-state index in [1.807, 2.05) is 12.1 Å². The van der Waals surface area contributed by atoms with Gasteiger partial charge in [-0.3, -0.25) is 19.4 Å². The first-order valence-electron chi connectivity index (χ1n) is 10.2. The van der Waals surface area contributed by atoms with Gasteiger partial charge in [0.05, 0.1) is 6.10 Å². The molecule has 2 aliphatic heterocycles. The second-order valence-corrected chi connectivity index (χ2v) is 8.92. The number of hydrogen-bond acceptors (Lipinski definition) is 7. The van der Waals surface area contributed by atoms with Crippen molar-refractivity contribution in [1.82, 2.24) is 20.2 Å². The molecule has 1 N–H and O–H groups in total. The highest BCUT2D eigenvalue weighted by atomic mass is 32.1. The Morgan fingerprint density at radius 3 is 2.97 bits per heavy atom. The predicted molar refractivity (Wildman–Crippen MR) is 109 cm³/mol. The van der Waals surface area contributed by atoms with Gasteiger partial charge in [-0.25, -0.2) is 4.98 Å². The number of pyridine rings is 1. The number of likely N-dealkylation sites (tertiary alicyclic amines) is 1. The van der Waals surface area contributed by atoms with Crippen molar-refractivity contribution in [2.24, 2.45) is 5.92 Å². The van der Waals surface area contributed by atoms with Crippen LogP contribution in [0.5, 0.6) is 0 Å². The number of Topliss-reactive ketones (excluding diaryl/α,β-unsaturated/α-hetero) is 1. The van der Waals surface area contributed by atoms with E-state index in [-0.39, 0.29) is 36.0 Å². The molecule has 3 unspecified atom stereocenters. The van der Waals surface area contributed by atoms with Crippen LogP contribution < -0.4 is 5.32 Å². The number of ketones is 1. The van der Waals surface area contributed by atoms with Crippen molar-refractivity contribution >= 4 is 28.9 Å². The van der Waals surface area contributed by atoms with Crippen molar-refractivity contribution in [3.8, 4) is 10.6 Å². The van der Waals surface area contributed by atoms with Crippen LogP contribution in [0.15, 0.2) is 29.9 Å². The number of amides is 2. The first kappa shape index (κ1) is 19.3. The summed E-state index contributed by atoms with van der Waals surface area (Å²) in [6, 6.07) is 2.54. The largest absolute Gasteiger partial charge is 0.368 e. The number of fused-ring (bicyclic) bond motifs is 1. The number of thiazole rings is 1. The monoisotopic (exact) mass is 426 g/mol. The minimum atomic E-state index is -0.652. The van der Waals surface area contributed by atoms with E-state index in [4.69, 9.17) is 4.74 Å². The standard InChI is InChI=1S/C21H22N4O4S/c26-16-10-29-17-5-7-25(18(16)17)21(28)14(8-12-3-4-12)23-19(27)15-11-30-20(24-15)13-2-1-6-22-9-13/h1-2,6,9,11-12,14,17-18H,3-5,7-8,10H2,(H,23,27). The van der Waals surface area contributed by atoms with Crippen molar-refractivity contribution in [3.05, 3.63) is 35.6 Å². The summed E-state index contributed by atoms with van der Waals surface area (Å²) in [7, 11) is 0. The summed E-state index contributed by atoms with van der Waals surface area (Å²) in [6.45, 7) is 0.549. The maximum absolute atomic E-state index is 13.3. The Kier molecular flexibility index (Phi) is 5.08. The molecule has 4 heterocycles. The lowest BCUT2D eigenvalue weighted by molar-refractivity contribution is -0.138. The van der Waals surface area contributed by atoms with E-state index in [1.54, 1.807) is 22.7 Å². The highest BCUT2D eigenvalue weighted by molar-refractivity contribution is 7.13. The van der Waals surface area contributed by atoms with Gasteiger partial charge in [0.25, 0.3) is 5.91 Å². The van der Waals surface area contributed by atoms with Crippen LogP contribution in [-0.2, 0) is 14.3 Å². The Morgan fingerprint density at radius 2 is 2.20 bits per heavy atom. The molecular weight excluding hydrogens is 404 g/mol. The summed E-state index contributed by atoms with van der Waals surface area (Å²) in [6.07, 6.45) is 6.55. The van der Waals surface area contributed by atoms with Crippen molar-refractivity contribution < 1.29 is 19.1 Å². The minimum absolute atomic E-state index is 0.0528. The predicted octanol–water partition coefficient (Wildman–Crippen LogP) is 1.67. The molecule has 5 rings (SSSR count). The van der Waals surface area contributed by atoms with Crippen LogP contribution in [0.2, 0.25) is 0 Å². The van der Waals surface area contributed by atoms with Crippen molar-refractivity contribution in [1.29, 1.82) is 0 Å². The lowest BCUT2D eigenvalue weighted by atomic mass is 10.1. The third-order valence-corrected chi connectivity index (χ3v) is 6.80. The molecule has 2 saturated heterocycles. The summed E-state index contributed by atoms with van der Waals surface area (Å²) >= 11 is 1.36. The third-order valence-electron chi connectivity index (χ3n) is 5.91. The van der Waals surface area contributed by atoms with E-state index in [9.17, 15) is 14.4 Å². The average molecular weight is 426 g/mol. The molecule has 2 aromatic rings. The highest BCUT2D eigenvalue weighted by Crippen LogP contribution is 2.35. The fraction of sp³-hybridized carbons (Fsp3) is 0.476. The molecule has 9 heteroatoms. The normalized spacial score (nSPS) is 24.0. The number of ether oxygens (including phenoxy) is 1. The molecule has 30 heavy (non-hydrogen) atoms. The molecule has 3 aliphatic rings. The Labute approximate surface area is 177 Å². The maximum Gasteiger partial charge on any atom is 0.271 e. The number of aromatic nitrogens is 2. The van der Waals surface area contributed by atoms with Crippen molar-refractivity contribution in [2.75, 3.05) is 13.2 Å². The Bertz CT molecular complexity index is 974. The molecule has 1 saturated carbocycles. The van der Waals surface area contributed by atoms with Gasteiger partial charge in [-0.1, -0.05) is 12.8 Å². The van der Waals surface area contributed by atoms with Gasteiger partial charge in [-0.05, 0) is 30.9 Å². The minimum Gasteiger partial charge on any atom is -0.368 e. The van der Waals surface area contributed by atoms with Crippen LogP contribution in [0.25, 0.3) is 10.6 Å². The summed E-state index contributed by atoms with van der Waals surface area (Å²) in [5.41, 5.74) is 1.13. The first-order chi connectivity index (χ1) is 14.6. The number of carbonyl (C=O) groups excluding carboxylic acids is 3. The van der Waals surface area contributed by atoms with Gasteiger partial charge in [0.15, 0.2) is 5.78 Å². The Morgan fingerprint density at radius 1 is 1.33 bits per heavy atom. The number of hydrogen-bond donors (Lipinski definition) is 1. The molecule has 1 aliphatic carbocycles. The number of nitrogens with one attached hydrogen (secondary N) is 1. The average Bonchev–Trinajstić information content (AvgIpc) is 3.16. The van der Waals surface area contributed by atoms with E-state index in [2.05, 4.69) is 15.3 Å². The van der Waals surface area contributed by atoms with Gasteiger partial charge >= 0.3 is 0 Å². The van der Waals surface area contributed by atoms with Crippen molar-refractivity contribution in [2.45, 2.75) is 43.9 Å². The van der Waals surface area contributed by atoms with Crippen LogP contribution in [0.3, 0.4) is 0 Å². The summed E-state index contributed by atoms with van der Waals surface area (Å²) < 4.78 is 5.49. The van der Waals surface area contributed by atoms with Crippen LogP contribution in [-0.4, -0.2) is 63.8 Å². The summed E-state index contributed by atoms with van der Waals surface area (Å²) in [5.74, 6) is -0.174. The first-order valence-corrected chi connectivity index (χ1v) is 11.1. The molecule has 0 radical (unpaired) electrons. The second-order valence-electron chi connectivity index (χ2n) is 8.07. The van der Waals surface area contributed by atoms with E-state index in [1.165, 1.54) is 11.3 Å². The molecule has 3 atom stereocenters. The zero-order valence-corrected chi connectivity index (χ0v) is 17.1. The molecule has 2 aromatic heterocycles. The number of rotatable bonds is 6. The smallest absolute Gasteiger partial charge is 0.271 e. The fourth-order valence-electron chi connectivity index (χ4n) is 4.18. The summed E-state index contributed by atoms with van der Waals surface area (Å²) in [4.78, 5) is 48.4. The van der Waals surface area contributed by atoms with E-state index >= 15 is 0 Å². The topological polar surface area (TPSA) is 101 Å². The third kappa shape index (κ3) is 3.75. The SMILES string of the molecule is O=C(NC(CC1CC1)C(=O)N1CCC2OCC(=O)C21)c1csc(-c2cccnc2)n1. The van der Waals surface area contributed by atoms with Gasteiger partial charge in [0.2, 0.25) is 5.91 Å². The van der Waals surface area contributed by atoms with Crippen LogP contribution >= 0.6 is 11.3 Å². The quantitative estimate of drug-likeness (QED) is 0.754. The Hall–Kier alpha value is -2.65. The molecule has 0 spiro atoms. The highest BCUT2D eigenvalue weighted by Gasteiger charge is 2.48. The lowest BCUT2D eigenvalue weighted by Crippen LogP contribution is -2.52. The van der Waals surface area contributed by atoms with Gasteiger partial charge in [0, 0.05) is 29.9 Å². The van der Waals surface area contributed by atoms with E-state index in [0.29, 0.717) is 30.3 Å². The van der Waals surface area contributed by atoms with E-state index in [0.717, 1.165) is 18.4 Å². The lowest BCUT2D eigenvalue weighted by Gasteiger charge is -2.27. The van der Waals surface area contributed by atoms with Gasteiger partial charge in [0.1, 0.15) is 29.4 Å². The van der Waals surface area contributed by atoms with Crippen LogP contribution in [0.1, 0.15) is 36.2 Å². The van der Waals surface area contributed by atoms with Gasteiger partial charge in [-0.2, -0.15) is 0 Å². The maximum atomic E-state index is 13.3. The van der Waals surface area contributed by atoms with Gasteiger partial charge in [-0.15, -0.1) is 11.3 Å². The van der Waals surface area contributed by atoms with Crippen molar-refractivity contribution in [3.63, 3.8) is 0 Å². The van der Waals surface area contributed by atoms with Gasteiger partial charge < -0.3 is 15.0 Å². The molecule has 8 nitrogen and oxygen atoms in total. The fourth-order valence-corrected chi connectivity index (χ4v) is 4.97. The second kappa shape index (κ2) is 7.88. The zero-order chi connectivity index (χ0) is 20.7.